The Kier molecular flexibility index (Phi) is 4.45. The molecule has 0 aliphatic heterocycles. The molecule has 1 aliphatic rings. The van der Waals surface area contributed by atoms with Crippen LogP contribution >= 0.6 is 0 Å². The predicted molar refractivity (Wildman–Crippen MR) is 72.0 cm³/mol. The van der Waals surface area contributed by atoms with Crippen LogP contribution in [0, 0.1) is 16.3 Å². The molecule has 3 unspecified atom stereocenters. The van der Waals surface area contributed by atoms with E-state index in [1.54, 1.807) is 0 Å². The second kappa shape index (κ2) is 6.09. The summed E-state index contributed by atoms with van der Waals surface area (Å²) in [5, 5.41) is 41.8. The van der Waals surface area contributed by atoms with Crippen molar-refractivity contribution in [2.75, 3.05) is 5.43 Å². The average molecular weight is 280 g/mol. The summed E-state index contributed by atoms with van der Waals surface area (Å²) in [7, 11) is 0. The van der Waals surface area contributed by atoms with Gasteiger partial charge in [-0.3, -0.25) is 5.43 Å². The van der Waals surface area contributed by atoms with Gasteiger partial charge in [-0.05, 0) is 18.6 Å². The van der Waals surface area contributed by atoms with Crippen LogP contribution < -0.4 is 15.9 Å². The van der Waals surface area contributed by atoms with Crippen LogP contribution in [0.4, 0.5) is 17.1 Å². The van der Waals surface area contributed by atoms with Crippen molar-refractivity contribution in [3.63, 3.8) is 0 Å². The van der Waals surface area contributed by atoms with Gasteiger partial charge in [0.25, 0.3) is 0 Å². The lowest BCUT2D eigenvalue weighted by Crippen LogP contribution is -3.00. The van der Waals surface area contributed by atoms with Gasteiger partial charge in [-0.2, -0.15) is 15.6 Å². The van der Waals surface area contributed by atoms with Crippen LogP contribution in [0.3, 0.4) is 0 Å². The van der Waals surface area contributed by atoms with Crippen LogP contribution in [-0.2, 0) is 0 Å². The maximum atomic E-state index is 11.2. The second-order valence-electron chi connectivity index (χ2n) is 4.56. The molecule has 20 heavy (non-hydrogen) atoms. The third kappa shape index (κ3) is 3.20. The number of allylic oxidation sites excluding steroid dienone is 2. The zero-order valence-corrected chi connectivity index (χ0v) is 10.8. The zero-order chi connectivity index (χ0) is 14.7. The maximum absolute atomic E-state index is 11.2. The summed E-state index contributed by atoms with van der Waals surface area (Å²) in [6.07, 6.45) is 4.78. The highest BCUT2D eigenvalue weighted by Gasteiger charge is 2.15. The molecule has 0 bridgehead atoms. The lowest BCUT2D eigenvalue weighted by molar-refractivity contribution is -0.996. The topological polar surface area (TPSA) is 120 Å². The van der Waals surface area contributed by atoms with E-state index >= 15 is 0 Å². The molecule has 0 saturated heterocycles. The van der Waals surface area contributed by atoms with Crippen molar-refractivity contribution >= 4 is 22.8 Å². The number of hydrazone groups is 1. The van der Waals surface area contributed by atoms with Crippen molar-refractivity contribution in [2.24, 2.45) is 11.0 Å². The molecule has 0 spiro atoms. The Morgan fingerprint density at radius 1 is 1.30 bits per heavy atom. The lowest BCUT2D eigenvalue weighted by Gasteiger charge is -2.18. The Bertz CT molecular complexity index is 542. The van der Waals surface area contributed by atoms with Gasteiger partial charge in [0.1, 0.15) is 5.69 Å². The SMILES string of the molecule is CC1CC=CC1=NNc1ccc([NH+]([O-])O)cc1[NH+]([O-])O. The van der Waals surface area contributed by atoms with Gasteiger partial charge in [-0.15, -0.1) is 0 Å². The smallest absolute Gasteiger partial charge is 0.195 e. The van der Waals surface area contributed by atoms with Crippen LogP contribution in [0.25, 0.3) is 0 Å². The number of hydrogen-bond acceptors (Lipinski definition) is 6. The van der Waals surface area contributed by atoms with Crippen LogP contribution in [0.15, 0.2) is 35.5 Å². The van der Waals surface area contributed by atoms with Crippen molar-refractivity contribution in [1.29, 1.82) is 0 Å². The van der Waals surface area contributed by atoms with Crippen molar-refractivity contribution < 1.29 is 20.9 Å². The van der Waals surface area contributed by atoms with Crippen molar-refractivity contribution in [3.8, 4) is 0 Å². The van der Waals surface area contributed by atoms with Crippen molar-refractivity contribution in [3.05, 3.63) is 40.8 Å². The predicted octanol–water partition coefficient (Wildman–Crippen LogP) is -0.143. The largest absolute Gasteiger partial charge is 0.595 e. The summed E-state index contributed by atoms with van der Waals surface area (Å²) in [6, 6.07) is 3.85. The van der Waals surface area contributed by atoms with Gasteiger partial charge in [0, 0.05) is 12.0 Å². The third-order valence-corrected chi connectivity index (χ3v) is 3.09. The monoisotopic (exact) mass is 280 g/mol. The molecule has 0 aromatic heterocycles. The molecule has 8 nitrogen and oxygen atoms in total. The first-order valence-electron chi connectivity index (χ1n) is 6.10. The first kappa shape index (κ1) is 14.6. The Morgan fingerprint density at radius 3 is 2.60 bits per heavy atom. The molecular formula is C12H16N4O4. The van der Waals surface area contributed by atoms with E-state index in [9.17, 15) is 10.4 Å². The van der Waals surface area contributed by atoms with Gasteiger partial charge in [-0.1, -0.05) is 13.0 Å². The van der Waals surface area contributed by atoms with Gasteiger partial charge in [0.2, 0.25) is 0 Å². The quantitative estimate of drug-likeness (QED) is 0.492. The fourth-order valence-electron chi connectivity index (χ4n) is 1.90. The highest BCUT2D eigenvalue weighted by molar-refractivity contribution is 5.99. The van der Waals surface area contributed by atoms with Crippen LogP contribution in [0.2, 0.25) is 0 Å². The first-order chi connectivity index (χ1) is 9.49. The van der Waals surface area contributed by atoms with E-state index in [0.717, 1.165) is 18.2 Å². The van der Waals surface area contributed by atoms with Gasteiger partial charge < -0.3 is 10.4 Å². The van der Waals surface area contributed by atoms with Gasteiger partial charge in [-0.25, -0.2) is 10.4 Å². The fourth-order valence-corrected chi connectivity index (χ4v) is 1.90. The molecule has 0 heterocycles. The van der Waals surface area contributed by atoms with E-state index in [0.29, 0.717) is 0 Å². The summed E-state index contributed by atoms with van der Waals surface area (Å²) in [5.74, 6) is 0.286. The van der Waals surface area contributed by atoms with E-state index in [-0.39, 0.29) is 23.0 Å². The third-order valence-electron chi connectivity index (χ3n) is 3.09. The van der Waals surface area contributed by atoms with E-state index in [1.165, 1.54) is 12.1 Å². The number of quaternary nitrogens is 2. The maximum Gasteiger partial charge on any atom is 0.195 e. The van der Waals surface area contributed by atoms with Crippen LogP contribution in [0.5, 0.6) is 0 Å². The molecule has 0 amide bonds. The number of rotatable bonds is 4. The molecule has 1 aromatic rings. The van der Waals surface area contributed by atoms with Gasteiger partial charge >= 0.3 is 0 Å². The van der Waals surface area contributed by atoms with E-state index in [2.05, 4.69) is 10.5 Å². The molecule has 108 valence electrons. The number of hydrogen-bond donors (Lipinski definition) is 5. The van der Waals surface area contributed by atoms with Gasteiger partial charge in [0.05, 0.1) is 11.8 Å². The molecular weight excluding hydrogens is 264 g/mol. The van der Waals surface area contributed by atoms with E-state index < -0.39 is 10.5 Å². The van der Waals surface area contributed by atoms with Gasteiger partial charge in [0.15, 0.2) is 11.4 Å². The van der Waals surface area contributed by atoms with E-state index in [1.807, 2.05) is 19.1 Å². The lowest BCUT2D eigenvalue weighted by atomic mass is 10.1. The first-order valence-corrected chi connectivity index (χ1v) is 6.10. The zero-order valence-electron chi connectivity index (χ0n) is 10.8. The average Bonchev–Trinajstić information content (AvgIpc) is 2.81. The Balaban J connectivity index is 2.25. The van der Waals surface area contributed by atoms with Crippen LogP contribution in [0.1, 0.15) is 13.3 Å². The molecule has 5 N–H and O–H groups in total. The molecule has 3 atom stereocenters. The fraction of sp³-hybridized carbons (Fsp3) is 0.250. The normalized spacial score (nSPS) is 23.1. The molecule has 0 saturated carbocycles. The minimum Gasteiger partial charge on any atom is -0.595 e. The summed E-state index contributed by atoms with van der Waals surface area (Å²) in [4.78, 5) is 0. The Labute approximate surface area is 115 Å². The highest BCUT2D eigenvalue weighted by atomic mass is 16.8. The number of anilines is 1. The Hall–Kier alpha value is -1.81. The summed E-state index contributed by atoms with van der Waals surface area (Å²) >= 11 is 0. The van der Waals surface area contributed by atoms with Crippen molar-refractivity contribution in [1.82, 2.24) is 0 Å². The molecule has 1 aromatic carbocycles. The number of nitrogens with zero attached hydrogens (tertiary/aromatic N) is 1. The summed E-state index contributed by atoms with van der Waals surface area (Å²) < 4.78 is 0. The second-order valence-corrected chi connectivity index (χ2v) is 4.56. The molecule has 0 radical (unpaired) electrons. The van der Waals surface area contributed by atoms with Crippen LogP contribution in [-0.4, -0.2) is 16.1 Å². The number of nitrogens with one attached hydrogen (secondary N) is 3. The molecule has 8 heteroatoms. The summed E-state index contributed by atoms with van der Waals surface area (Å²) in [6.45, 7) is 2.02. The Morgan fingerprint density at radius 2 is 2.05 bits per heavy atom. The number of benzene rings is 1. The molecule has 0 fully saturated rings. The molecule has 2 rings (SSSR count). The van der Waals surface area contributed by atoms with E-state index in [4.69, 9.17) is 10.4 Å². The van der Waals surface area contributed by atoms with Crippen molar-refractivity contribution in [2.45, 2.75) is 13.3 Å². The molecule has 1 aliphatic carbocycles. The highest BCUT2D eigenvalue weighted by Crippen LogP contribution is 2.22. The summed E-state index contributed by atoms with van der Waals surface area (Å²) in [5.41, 5.74) is 3.60. The minimum absolute atomic E-state index is 0.0743. The minimum atomic E-state index is -1.20. The standard InChI is InChI=1S/C12H16N4O4/c1-8-3-2-4-10(8)13-14-11-6-5-9(15(17)18)7-12(11)16(19)20/h2,4-8,14-17,19H,3H2,1H3.